The number of aromatic nitrogens is 2. The molecule has 4 aromatic rings. The first-order chi connectivity index (χ1) is 14.6. The van der Waals surface area contributed by atoms with Gasteiger partial charge in [-0.1, -0.05) is 42.5 Å². The van der Waals surface area contributed by atoms with Gasteiger partial charge in [0.05, 0.1) is 25.6 Å². The van der Waals surface area contributed by atoms with Crippen molar-refractivity contribution in [3.8, 4) is 17.0 Å². The second kappa shape index (κ2) is 8.55. The Bertz CT molecular complexity index is 1310. The number of aromatic amines is 1. The first-order valence-corrected chi connectivity index (χ1v) is 10.6. The quantitative estimate of drug-likeness (QED) is 0.333. The van der Waals surface area contributed by atoms with E-state index in [0.29, 0.717) is 6.54 Å². The van der Waals surface area contributed by atoms with Crippen LogP contribution in [0.15, 0.2) is 76.2 Å². The van der Waals surface area contributed by atoms with E-state index in [-0.39, 0.29) is 0 Å². The lowest BCUT2D eigenvalue weighted by atomic mass is 10.1. The molecule has 152 valence electrons. The molecule has 30 heavy (non-hydrogen) atoms. The Kier molecular flexibility index (Phi) is 5.68. The molecule has 0 aliphatic carbocycles. The lowest BCUT2D eigenvalue weighted by Crippen LogP contribution is -2.13. The van der Waals surface area contributed by atoms with Crippen molar-refractivity contribution < 1.29 is 4.74 Å². The molecule has 0 aliphatic heterocycles. The average molecular weight is 417 g/mol. The number of nitrogens with zero attached hydrogens (tertiary/aromatic N) is 3. The summed E-state index contributed by atoms with van der Waals surface area (Å²) in [6, 6.07) is 16.2. The molecule has 6 heteroatoms. The molecule has 4 rings (SSSR count). The summed E-state index contributed by atoms with van der Waals surface area (Å²) >= 11 is 1.56. The van der Waals surface area contributed by atoms with Crippen LogP contribution in [-0.2, 0) is 0 Å². The number of methoxy groups -OCH3 is 1. The fourth-order valence-electron chi connectivity index (χ4n) is 3.34. The van der Waals surface area contributed by atoms with Gasteiger partial charge in [0.15, 0.2) is 0 Å². The van der Waals surface area contributed by atoms with Gasteiger partial charge in [-0.3, -0.25) is 4.99 Å². The molecule has 0 atom stereocenters. The van der Waals surface area contributed by atoms with Gasteiger partial charge in [-0.15, -0.1) is 11.3 Å². The minimum Gasteiger partial charge on any atom is -0.496 e. The third-order valence-electron chi connectivity index (χ3n) is 4.80. The molecule has 0 unspecified atom stereocenters. The van der Waals surface area contributed by atoms with Crippen molar-refractivity contribution >= 4 is 28.5 Å². The monoisotopic (exact) mass is 416 g/mol. The molecule has 2 aromatic carbocycles. The van der Waals surface area contributed by atoms with Crippen molar-refractivity contribution in [1.82, 2.24) is 9.66 Å². The summed E-state index contributed by atoms with van der Waals surface area (Å²) in [5.74, 6) is 0.800. The van der Waals surface area contributed by atoms with Crippen LogP contribution >= 0.6 is 11.3 Å². The predicted octanol–water partition coefficient (Wildman–Crippen LogP) is 5.37. The number of aryl methyl sites for hydroxylation is 1. The number of H-pyrrole nitrogens is 1. The van der Waals surface area contributed by atoms with Crippen LogP contribution in [0.4, 0.5) is 0 Å². The number of benzene rings is 2. The van der Waals surface area contributed by atoms with Crippen LogP contribution in [-0.4, -0.2) is 29.5 Å². The minimum atomic E-state index is 0.563. The fourth-order valence-corrected chi connectivity index (χ4v) is 4.17. The van der Waals surface area contributed by atoms with Gasteiger partial charge in [-0.25, -0.2) is 4.68 Å². The van der Waals surface area contributed by atoms with Crippen LogP contribution in [0.25, 0.3) is 22.2 Å². The summed E-state index contributed by atoms with van der Waals surface area (Å²) in [4.78, 5) is 8.95. The molecule has 1 N–H and O–H groups in total. The lowest BCUT2D eigenvalue weighted by Gasteiger charge is -2.08. The Morgan fingerprint density at radius 2 is 1.97 bits per heavy atom. The Hall–Kier alpha value is -3.38. The van der Waals surface area contributed by atoms with Gasteiger partial charge in [0.1, 0.15) is 5.75 Å². The van der Waals surface area contributed by atoms with Gasteiger partial charge in [0.2, 0.25) is 4.80 Å². The first-order valence-electron chi connectivity index (χ1n) is 9.69. The van der Waals surface area contributed by atoms with E-state index in [1.54, 1.807) is 18.4 Å². The molecule has 0 fully saturated rings. The van der Waals surface area contributed by atoms with E-state index < -0.39 is 0 Å². The Morgan fingerprint density at radius 1 is 1.20 bits per heavy atom. The zero-order valence-corrected chi connectivity index (χ0v) is 18.2. The molecule has 2 aromatic heterocycles. The fraction of sp³-hybridized carbons (Fsp3) is 0.167. The van der Waals surface area contributed by atoms with E-state index in [1.807, 2.05) is 54.2 Å². The lowest BCUT2D eigenvalue weighted by molar-refractivity contribution is 0.416. The summed E-state index contributed by atoms with van der Waals surface area (Å²) in [5.41, 5.74) is 6.16. The van der Waals surface area contributed by atoms with E-state index in [0.717, 1.165) is 49.5 Å². The number of rotatable bonds is 6. The molecule has 0 spiro atoms. The van der Waals surface area contributed by atoms with Gasteiger partial charge in [-0.2, -0.15) is 5.10 Å². The number of hydrogen-bond acceptors (Lipinski definition) is 4. The van der Waals surface area contributed by atoms with E-state index in [2.05, 4.69) is 36.0 Å². The Labute approximate surface area is 179 Å². The van der Waals surface area contributed by atoms with Crippen LogP contribution in [0, 0.1) is 6.92 Å². The van der Waals surface area contributed by atoms with Crippen molar-refractivity contribution in [2.45, 2.75) is 13.8 Å². The molecule has 0 aliphatic rings. The molecular weight excluding hydrogens is 392 g/mol. The molecule has 5 nitrogen and oxygen atoms in total. The zero-order valence-electron chi connectivity index (χ0n) is 17.3. The molecular formula is C24H24N4OS. The van der Waals surface area contributed by atoms with E-state index in [1.165, 1.54) is 0 Å². The van der Waals surface area contributed by atoms with E-state index >= 15 is 0 Å². The summed E-state index contributed by atoms with van der Waals surface area (Å²) in [6.07, 6.45) is 1.90. The van der Waals surface area contributed by atoms with Crippen LogP contribution in [0.2, 0.25) is 0 Å². The van der Waals surface area contributed by atoms with Gasteiger partial charge in [-0.05, 0) is 32.0 Å². The minimum absolute atomic E-state index is 0.563. The standard InChI is InChI=1S/C24H24N4OS/c1-16(2)13-25-24-28(22(15-30-24)19-10-6-8-12-23(19)29-4)26-14-20-17(3)27-21-11-7-5-9-18(20)21/h5-12,14-15,27H,1,13H2,2-4H3. The van der Waals surface area contributed by atoms with Crippen LogP contribution in [0.5, 0.6) is 5.75 Å². The van der Waals surface area contributed by atoms with E-state index in [9.17, 15) is 0 Å². The second-order valence-corrected chi connectivity index (χ2v) is 7.98. The van der Waals surface area contributed by atoms with Crippen LogP contribution in [0.3, 0.4) is 0 Å². The number of fused-ring (bicyclic) bond motifs is 1. The van der Waals surface area contributed by atoms with Crippen molar-refractivity contribution in [3.05, 3.63) is 82.1 Å². The predicted molar refractivity (Wildman–Crippen MR) is 126 cm³/mol. The maximum Gasteiger partial charge on any atom is 0.206 e. The smallest absolute Gasteiger partial charge is 0.206 e. The van der Waals surface area contributed by atoms with Crippen LogP contribution in [0.1, 0.15) is 18.2 Å². The summed E-state index contributed by atoms with van der Waals surface area (Å²) in [7, 11) is 1.68. The zero-order chi connectivity index (χ0) is 21.1. The molecule has 0 saturated carbocycles. The number of nitrogens with one attached hydrogen (secondary N) is 1. The molecule has 0 bridgehead atoms. The highest BCUT2D eigenvalue weighted by Crippen LogP contribution is 2.30. The number of para-hydroxylation sites is 2. The second-order valence-electron chi connectivity index (χ2n) is 7.14. The highest BCUT2D eigenvalue weighted by molar-refractivity contribution is 7.07. The summed E-state index contributed by atoms with van der Waals surface area (Å²) in [6.45, 7) is 8.56. The van der Waals surface area contributed by atoms with Crippen molar-refractivity contribution in [2.24, 2.45) is 10.1 Å². The average Bonchev–Trinajstić information content (AvgIpc) is 3.30. The molecule has 2 heterocycles. The topological polar surface area (TPSA) is 54.7 Å². The molecule has 0 amide bonds. The molecule has 0 saturated heterocycles. The Morgan fingerprint density at radius 3 is 2.77 bits per heavy atom. The van der Waals surface area contributed by atoms with Gasteiger partial charge >= 0.3 is 0 Å². The first kappa shape index (κ1) is 19.9. The summed E-state index contributed by atoms with van der Waals surface area (Å²) < 4.78 is 7.46. The van der Waals surface area contributed by atoms with Crippen molar-refractivity contribution in [3.63, 3.8) is 0 Å². The van der Waals surface area contributed by atoms with Gasteiger partial charge < -0.3 is 9.72 Å². The number of thiazole rings is 1. The maximum atomic E-state index is 5.58. The van der Waals surface area contributed by atoms with E-state index in [4.69, 9.17) is 14.8 Å². The SMILES string of the molecule is C=C(C)CN=c1scc(-c2ccccc2OC)n1N=Cc1c(C)[nH]c2ccccc12. The molecule has 0 radical (unpaired) electrons. The number of ether oxygens (including phenoxy) is 1. The maximum absolute atomic E-state index is 5.58. The largest absolute Gasteiger partial charge is 0.496 e. The normalized spacial score (nSPS) is 12.2. The third kappa shape index (κ3) is 3.86. The third-order valence-corrected chi connectivity index (χ3v) is 5.65. The van der Waals surface area contributed by atoms with Crippen LogP contribution < -0.4 is 9.54 Å². The highest BCUT2D eigenvalue weighted by atomic mass is 32.1. The van der Waals surface area contributed by atoms with Crippen molar-refractivity contribution in [2.75, 3.05) is 13.7 Å². The summed E-state index contributed by atoms with van der Waals surface area (Å²) in [5, 5.41) is 8.06. The van der Waals surface area contributed by atoms with Gasteiger partial charge in [0, 0.05) is 33.1 Å². The Balaban J connectivity index is 1.87. The number of hydrogen-bond donors (Lipinski definition) is 1. The van der Waals surface area contributed by atoms with Crippen molar-refractivity contribution in [1.29, 1.82) is 0 Å². The highest BCUT2D eigenvalue weighted by Gasteiger charge is 2.13. The van der Waals surface area contributed by atoms with Gasteiger partial charge in [0.25, 0.3) is 0 Å².